The lowest BCUT2D eigenvalue weighted by Gasteiger charge is -2.09. The molecular weight excluding hydrogens is 578 g/mol. The van der Waals surface area contributed by atoms with Crippen molar-refractivity contribution in [1.82, 2.24) is 0 Å². The van der Waals surface area contributed by atoms with Gasteiger partial charge >= 0.3 is 6.16 Å². The Morgan fingerprint density at radius 3 is 1.59 bits per heavy atom. The average Bonchev–Trinajstić information content (AvgIpc) is 2.98. The summed E-state index contributed by atoms with van der Waals surface area (Å²) in [5, 5.41) is 0. The van der Waals surface area contributed by atoms with Gasteiger partial charge in [-0.05, 0) is 24.8 Å². The molecule has 0 atom stereocenters. The van der Waals surface area contributed by atoms with Crippen LogP contribution in [-0.4, -0.2) is 51.8 Å². The zero-order valence-corrected chi connectivity index (χ0v) is 28.8. The van der Waals surface area contributed by atoms with E-state index < -0.39 is 16.3 Å². The van der Waals surface area contributed by atoms with Gasteiger partial charge in [0, 0.05) is 31.4 Å². The molecule has 0 aliphatic rings. The van der Waals surface area contributed by atoms with Crippen LogP contribution in [0.5, 0.6) is 0 Å². The van der Waals surface area contributed by atoms with Crippen molar-refractivity contribution in [3.05, 3.63) is 42.7 Å². The number of carbonyl (C=O) groups is 1. The molecule has 8 nitrogen and oxygen atoms in total. The maximum absolute atomic E-state index is 11.8. The minimum Gasteiger partial charge on any atom is -0.748 e. The molecule has 0 aromatic carbocycles. The Labute approximate surface area is 269 Å². The summed E-state index contributed by atoms with van der Waals surface area (Å²) < 4.78 is 45.4. The normalized spacial score (nSPS) is 11.1. The predicted molar refractivity (Wildman–Crippen MR) is 178 cm³/mol. The van der Waals surface area contributed by atoms with Crippen LogP contribution in [0.25, 0.3) is 0 Å². The number of hydrogen-bond acceptors (Lipinski definition) is 7. The molecule has 0 spiro atoms. The van der Waals surface area contributed by atoms with Crippen LogP contribution in [0.1, 0.15) is 135 Å². The standard InChI is InChI=1S/C34H60NO4.CH4O3S/c1-3-4-5-6-7-8-9-10-11-12-13-14-15-16-18-25-30-38-34(36)39-32-33(2)31-37-29-24-19-17-21-26-35-27-22-20-23-28-35;1-5(2,3)4/h20,22-23,27-28H,2-19,21,24-26,29-32H2,1H3;1H3,(H,2,3,4)/q+1;/p-1. The fraction of sp³-hybridized carbons (Fsp3) is 0.771. The SMILES string of the molecule is C=C(COCCCCCC[n+]1ccccc1)COC(=O)OCCCCCCCCCCCCCCCCCC.CS(=O)(=O)[O-]. The Morgan fingerprint density at radius 1 is 0.659 bits per heavy atom. The van der Waals surface area contributed by atoms with E-state index in [-0.39, 0.29) is 6.61 Å². The number of nitrogens with zero attached hydrogens (tertiary/aromatic N) is 1. The van der Waals surface area contributed by atoms with Gasteiger partial charge < -0.3 is 18.8 Å². The van der Waals surface area contributed by atoms with Crippen molar-refractivity contribution in [2.24, 2.45) is 0 Å². The van der Waals surface area contributed by atoms with E-state index in [9.17, 15) is 4.79 Å². The first-order valence-electron chi connectivity index (χ1n) is 17.1. The molecule has 256 valence electrons. The van der Waals surface area contributed by atoms with Crippen LogP contribution in [0.3, 0.4) is 0 Å². The second-order valence-corrected chi connectivity index (χ2v) is 13.1. The van der Waals surface area contributed by atoms with E-state index in [2.05, 4.69) is 42.6 Å². The second kappa shape index (κ2) is 31.0. The third-order valence-corrected chi connectivity index (χ3v) is 7.15. The van der Waals surface area contributed by atoms with Crippen LogP contribution < -0.4 is 4.57 Å². The first-order valence-corrected chi connectivity index (χ1v) is 18.9. The van der Waals surface area contributed by atoms with Crippen molar-refractivity contribution in [2.45, 2.75) is 142 Å². The first-order chi connectivity index (χ1) is 21.2. The minimum atomic E-state index is -3.92. The van der Waals surface area contributed by atoms with Gasteiger partial charge in [0.2, 0.25) is 0 Å². The molecule has 1 aromatic heterocycles. The van der Waals surface area contributed by atoms with E-state index >= 15 is 0 Å². The van der Waals surface area contributed by atoms with Crippen molar-refractivity contribution < 1.29 is 36.5 Å². The van der Waals surface area contributed by atoms with Crippen LogP contribution in [0.4, 0.5) is 4.79 Å². The largest absolute Gasteiger partial charge is 0.748 e. The Bertz CT molecular complexity index is 886. The van der Waals surface area contributed by atoms with Crippen molar-refractivity contribution in [3.8, 4) is 0 Å². The summed E-state index contributed by atoms with van der Waals surface area (Å²) in [6.07, 6.45) is 30.1. The minimum absolute atomic E-state index is 0.159. The zero-order valence-electron chi connectivity index (χ0n) is 28.0. The molecule has 0 amide bonds. The van der Waals surface area contributed by atoms with E-state index in [1.54, 1.807) is 0 Å². The second-order valence-electron chi connectivity index (χ2n) is 11.7. The summed E-state index contributed by atoms with van der Waals surface area (Å²) in [6, 6.07) is 6.16. The molecule has 0 N–H and O–H groups in total. The lowest BCUT2D eigenvalue weighted by molar-refractivity contribution is -0.697. The quantitative estimate of drug-likeness (QED) is 0.0296. The maximum atomic E-state index is 11.8. The fourth-order valence-corrected chi connectivity index (χ4v) is 4.70. The van der Waals surface area contributed by atoms with Crippen molar-refractivity contribution >= 4 is 16.3 Å². The van der Waals surface area contributed by atoms with E-state index in [1.807, 2.05) is 6.07 Å². The number of aryl methyl sites for hydroxylation is 1. The molecule has 0 saturated carbocycles. The molecular formula is C35H63NO7S. The van der Waals surface area contributed by atoms with Crippen molar-refractivity contribution in [3.63, 3.8) is 0 Å². The predicted octanol–water partition coefficient (Wildman–Crippen LogP) is 8.68. The summed E-state index contributed by atoms with van der Waals surface area (Å²) in [5.41, 5.74) is 0.759. The molecule has 0 radical (unpaired) electrons. The van der Waals surface area contributed by atoms with Crippen LogP contribution >= 0.6 is 0 Å². The monoisotopic (exact) mass is 641 g/mol. The molecule has 0 fully saturated rings. The molecule has 9 heteroatoms. The molecule has 1 heterocycles. The Balaban J connectivity index is 0.00000340. The summed E-state index contributed by atoms with van der Waals surface area (Å²) in [4.78, 5) is 11.8. The number of ether oxygens (including phenoxy) is 3. The van der Waals surface area contributed by atoms with E-state index in [0.29, 0.717) is 26.1 Å². The molecule has 0 saturated heterocycles. The Hall–Kier alpha value is -1.97. The number of pyridine rings is 1. The topological polar surface area (TPSA) is 106 Å². The summed E-state index contributed by atoms with van der Waals surface area (Å²) in [5.74, 6) is 0. The molecule has 0 aliphatic heterocycles. The molecule has 0 bridgehead atoms. The summed E-state index contributed by atoms with van der Waals surface area (Å²) in [6.45, 7) is 8.99. The molecule has 0 aliphatic carbocycles. The zero-order chi connectivity index (χ0) is 32.6. The molecule has 1 aromatic rings. The van der Waals surface area contributed by atoms with Crippen LogP contribution in [-0.2, 0) is 30.9 Å². The highest BCUT2D eigenvalue weighted by atomic mass is 32.2. The highest BCUT2D eigenvalue weighted by molar-refractivity contribution is 7.84. The number of carbonyl (C=O) groups excluding carboxylic acids is 1. The van der Waals surface area contributed by atoms with Crippen LogP contribution in [0.15, 0.2) is 42.7 Å². The molecule has 44 heavy (non-hydrogen) atoms. The summed E-state index contributed by atoms with van der Waals surface area (Å²) in [7, 11) is -3.92. The van der Waals surface area contributed by atoms with Crippen molar-refractivity contribution in [1.29, 1.82) is 0 Å². The van der Waals surface area contributed by atoms with Gasteiger partial charge in [0.25, 0.3) is 0 Å². The van der Waals surface area contributed by atoms with Crippen molar-refractivity contribution in [2.75, 3.05) is 32.7 Å². The van der Waals surface area contributed by atoms with Gasteiger partial charge in [-0.1, -0.05) is 122 Å². The van der Waals surface area contributed by atoms with Gasteiger partial charge in [-0.25, -0.2) is 17.8 Å². The molecule has 1 rings (SSSR count). The lowest BCUT2D eigenvalue weighted by atomic mass is 10.0. The number of hydrogen-bond donors (Lipinski definition) is 0. The van der Waals surface area contributed by atoms with Gasteiger partial charge in [0.05, 0.1) is 23.3 Å². The smallest absolute Gasteiger partial charge is 0.508 e. The van der Waals surface area contributed by atoms with Crippen LogP contribution in [0.2, 0.25) is 0 Å². The summed E-state index contributed by atoms with van der Waals surface area (Å²) >= 11 is 0. The van der Waals surface area contributed by atoms with E-state index in [4.69, 9.17) is 27.2 Å². The maximum Gasteiger partial charge on any atom is 0.508 e. The Morgan fingerprint density at radius 2 is 1.09 bits per heavy atom. The number of aromatic nitrogens is 1. The third-order valence-electron chi connectivity index (χ3n) is 7.15. The number of unbranched alkanes of at least 4 members (excludes halogenated alkanes) is 18. The number of rotatable bonds is 28. The highest BCUT2D eigenvalue weighted by Crippen LogP contribution is 2.14. The van der Waals surface area contributed by atoms with Gasteiger partial charge in [-0.2, -0.15) is 0 Å². The van der Waals surface area contributed by atoms with Gasteiger partial charge in [0.1, 0.15) is 13.2 Å². The van der Waals surface area contributed by atoms with E-state index in [1.165, 1.54) is 103 Å². The fourth-order valence-electron chi connectivity index (χ4n) is 4.70. The molecule has 0 unspecified atom stereocenters. The lowest BCUT2D eigenvalue weighted by Crippen LogP contribution is -2.32. The van der Waals surface area contributed by atoms with Gasteiger partial charge in [-0.15, -0.1) is 0 Å². The average molecular weight is 642 g/mol. The third kappa shape index (κ3) is 36.2. The highest BCUT2D eigenvalue weighted by Gasteiger charge is 2.05. The first kappa shape index (κ1) is 42.0. The van der Waals surface area contributed by atoms with E-state index in [0.717, 1.165) is 37.8 Å². The van der Waals surface area contributed by atoms with Gasteiger partial charge in [0.15, 0.2) is 12.4 Å². The van der Waals surface area contributed by atoms with Crippen LogP contribution in [0, 0.1) is 0 Å². The van der Waals surface area contributed by atoms with Gasteiger partial charge in [-0.3, -0.25) is 0 Å². The Kier molecular flexibility index (Phi) is 29.6.